The first-order valence-corrected chi connectivity index (χ1v) is 5.64. The van der Waals surface area contributed by atoms with Gasteiger partial charge in [0.1, 0.15) is 11.6 Å². The normalized spacial score (nSPS) is 10.6. The van der Waals surface area contributed by atoms with E-state index in [1.54, 1.807) is 16.7 Å². The van der Waals surface area contributed by atoms with E-state index in [1.165, 1.54) is 18.3 Å². The van der Waals surface area contributed by atoms with E-state index in [0.29, 0.717) is 23.6 Å². The van der Waals surface area contributed by atoms with Crippen LogP contribution >= 0.6 is 0 Å². The SMILES string of the molecule is CCn1c(CC(=O)O)cnc1-c1cccc(F)c1. The number of hydrogen-bond acceptors (Lipinski definition) is 2. The van der Waals surface area contributed by atoms with Gasteiger partial charge in [-0.15, -0.1) is 0 Å². The fraction of sp³-hybridized carbons (Fsp3) is 0.231. The summed E-state index contributed by atoms with van der Waals surface area (Å²) in [7, 11) is 0. The molecule has 18 heavy (non-hydrogen) atoms. The number of rotatable bonds is 4. The number of aromatic nitrogens is 2. The van der Waals surface area contributed by atoms with Crippen molar-refractivity contribution >= 4 is 5.97 Å². The number of nitrogens with zero attached hydrogens (tertiary/aromatic N) is 2. The summed E-state index contributed by atoms with van der Waals surface area (Å²) < 4.78 is 15.0. The standard InChI is InChI=1S/C13H13FN2O2/c1-2-16-11(7-12(17)18)8-15-13(16)9-4-3-5-10(14)6-9/h3-6,8H,2,7H2,1H3,(H,17,18). The van der Waals surface area contributed by atoms with Crippen molar-refractivity contribution in [1.82, 2.24) is 9.55 Å². The van der Waals surface area contributed by atoms with E-state index in [-0.39, 0.29) is 12.2 Å². The number of carboxylic acid groups (broad SMARTS) is 1. The van der Waals surface area contributed by atoms with E-state index in [9.17, 15) is 9.18 Å². The average molecular weight is 248 g/mol. The molecular weight excluding hydrogens is 235 g/mol. The van der Waals surface area contributed by atoms with Crippen LogP contribution in [0.3, 0.4) is 0 Å². The molecule has 5 heteroatoms. The zero-order valence-electron chi connectivity index (χ0n) is 9.93. The largest absolute Gasteiger partial charge is 0.481 e. The van der Waals surface area contributed by atoms with Gasteiger partial charge in [0.05, 0.1) is 6.42 Å². The van der Waals surface area contributed by atoms with Crippen LogP contribution in [0.4, 0.5) is 4.39 Å². The monoisotopic (exact) mass is 248 g/mol. The van der Waals surface area contributed by atoms with Gasteiger partial charge >= 0.3 is 5.97 Å². The molecule has 0 fully saturated rings. The second-order valence-electron chi connectivity index (χ2n) is 3.90. The molecule has 0 atom stereocenters. The summed E-state index contributed by atoms with van der Waals surface area (Å²) in [6, 6.07) is 6.11. The van der Waals surface area contributed by atoms with Crippen molar-refractivity contribution < 1.29 is 14.3 Å². The Bertz CT molecular complexity index is 578. The molecule has 0 saturated heterocycles. The summed E-state index contributed by atoms with van der Waals surface area (Å²) in [4.78, 5) is 14.9. The third-order valence-electron chi connectivity index (χ3n) is 2.67. The number of halogens is 1. The first-order valence-electron chi connectivity index (χ1n) is 5.64. The molecule has 1 N–H and O–H groups in total. The van der Waals surface area contributed by atoms with Crippen LogP contribution in [0.2, 0.25) is 0 Å². The van der Waals surface area contributed by atoms with Crippen molar-refractivity contribution in [2.45, 2.75) is 19.9 Å². The lowest BCUT2D eigenvalue weighted by Gasteiger charge is -2.08. The minimum Gasteiger partial charge on any atom is -0.481 e. The highest BCUT2D eigenvalue weighted by Crippen LogP contribution is 2.20. The third kappa shape index (κ3) is 2.40. The predicted molar refractivity (Wildman–Crippen MR) is 64.6 cm³/mol. The van der Waals surface area contributed by atoms with Crippen molar-refractivity contribution in [3.05, 3.63) is 42.0 Å². The average Bonchev–Trinajstić information content (AvgIpc) is 2.71. The van der Waals surface area contributed by atoms with Crippen LogP contribution in [-0.4, -0.2) is 20.6 Å². The lowest BCUT2D eigenvalue weighted by Crippen LogP contribution is -2.08. The Morgan fingerprint density at radius 1 is 1.50 bits per heavy atom. The summed E-state index contributed by atoms with van der Waals surface area (Å²) in [6.07, 6.45) is 1.44. The first-order chi connectivity index (χ1) is 8.61. The summed E-state index contributed by atoms with van der Waals surface area (Å²) >= 11 is 0. The fourth-order valence-electron chi connectivity index (χ4n) is 1.92. The van der Waals surface area contributed by atoms with Crippen LogP contribution in [0, 0.1) is 5.82 Å². The van der Waals surface area contributed by atoms with Gasteiger partial charge in [0.15, 0.2) is 0 Å². The molecule has 1 heterocycles. The van der Waals surface area contributed by atoms with Crippen LogP contribution in [0.5, 0.6) is 0 Å². The quantitative estimate of drug-likeness (QED) is 0.903. The second-order valence-corrected chi connectivity index (χ2v) is 3.90. The number of imidazole rings is 1. The van der Waals surface area contributed by atoms with Gasteiger partial charge in [-0.1, -0.05) is 12.1 Å². The van der Waals surface area contributed by atoms with Gasteiger partial charge < -0.3 is 9.67 Å². The highest BCUT2D eigenvalue weighted by atomic mass is 19.1. The Balaban J connectivity index is 2.45. The minimum absolute atomic E-state index is 0.0871. The fourth-order valence-corrected chi connectivity index (χ4v) is 1.92. The maximum absolute atomic E-state index is 13.2. The van der Waals surface area contributed by atoms with Gasteiger partial charge in [-0.2, -0.15) is 0 Å². The van der Waals surface area contributed by atoms with Crippen LogP contribution in [0.25, 0.3) is 11.4 Å². The summed E-state index contributed by atoms with van der Waals surface area (Å²) in [6.45, 7) is 2.49. The number of benzene rings is 1. The Morgan fingerprint density at radius 2 is 2.28 bits per heavy atom. The van der Waals surface area contributed by atoms with Crippen molar-refractivity contribution in [2.75, 3.05) is 0 Å². The summed E-state index contributed by atoms with van der Waals surface area (Å²) in [5, 5.41) is 8.81. The molecule has 4 nitrogen and oxygen atoms in total. The molecule has 0 saturated carbocycles. The summed E-state index contributed by atoms with van der Waals surface area (Å²) in [5.74, 6) is -0.651. The Labute approximate surface area is 104 Å². The van der Waals surface area contributed by atoms with E-state index < -0.39 is 5.97 Å². The third-order valence-corrected chi connectivity index (χ3v) is 2.67. The number of carbonyl (C=O) groups is 1. The highest BCUT2D eigenvalue weighted by molar-refractivity contribution is 5.70. The maximum atomic E-state index is 13.2. The minimum atomic E-state index is -0.907. The van der Waals surface area contributed by atoms with Crippen molar-refractivity contribution in [3.63, 3.8) is 0 Å². The van der Waals surface area contributed by atoms with E-state index in [2.05, 4.69) is 4.98 Å². The Morgan fingerprint density at radius 3 is 2.89 bits per heavy atom. The molecule has 2 aromatic rings. The van der Waals surface area contributed by atoms with Crippen LogP contribution in [0.15, 0.2) is 30.5 Å². The van der Waals surface area contributed by atoms with Gasteiger partial charge in [0.2, 0.25) is 0 Å². The van der Waals surface area contributed by atoms with E-state index in [1.807, 2.05) is 6.92 Å². The number of hydrogen-bond donors (Lipinski definition) is 1. The van der Waals surface area contributed by atoms with E-state index >= 15 is 0 Å². The van der Waals surface area contributed by atoms with Crippen molar-refractivity contribution in [1.29, 1.82) is 0 Å². The molecule has 94 valence electrons. The van der Waals surface area contributed by atoms with Crippen LogP contribution in [0.1, 0.15) is 12.6 Å². The van der Waals surface area contributed by atoms with Gasteiger partial charge in [-0.05, 0) is 19.1 Å². The highest BCUT2D eigenvalue weighted by Gasteiger charge is 2.13. The predicted octanol–water partition coefficient (Wildman–Crippen LogP) is 2.34. The number of aliphatic carboxylic acids is 1. The van der Waals surface area contributed by atoms with Gasteiger partial charge in [0, 0.05) is 24.0 Å². The molecule has 0 aliphatic rings. The zero-order valence-corrected chi connectivity index (χ0v) is 9.93. The van der Waals surface area contributed by atoms with Crippen LogP contribution < -0.4 is 0 Å². The molecule has 2 rings (SSSR count). The molecule has 0 amide bonds. The van der Waals surface area contributed by atoms with Gasteiger partial charge in [0.25, 0.3) is 0 Å². The summed E-state index contributed by atoms with van der Waals surface area (Å²) in [5.41, 5.74) is 1.26. The van der Waals surface area contributed by atoms with Gasteiger partial charge in [-0.25, -0.2) is 9.37 Å². The van der Waals surface area contributed by atoms with Crippen molar-refractivity contribution in [3.8, 4) is 11.4 Å². The Hall–Kier alpha value is -2.17. The number of carboxylic acids is 1. The smallest absolute Gasteiger partial charge is 0.309 e. The molecule has 0 bridgehead atoms. The first kappa shape index (κ1) is 12.3. The molecular formula is C13H13FN2O2. The topological polar surface area (TPSA) is 55.1 Å². The molecule has 0 unspecified atom stereocenters. The van der Waals surface area contributed by atoms with E-state index in [4.69, 9.17) is 5.11 Å². The molecule has 0 spiro atoms. The van der Waals surface area contributed by atoms with Crippen molar-refractivity contribution in [2.24, 2.45) is 0 Å². The Kier molecular flexibility index (Phi) is 3.41. The van der Waals surface area contributed by atoms with Crippen LogP contribution in [-0.2, 0) is 17.8 Å². The molecule has 0 aliphatic carbocycles. The molecule has 0 radical (unpaired) electrons. The van der Waals surface area contributed by atoms with Gasteiger partial charge in [-0.3, -0.25) is 4.79 Å². The maximum Gasteiger partial charge on any atom is 0.309 e. The lowest BCUT2D eigenvalue weighted by molar-refractivity contribution is -0.136. The molecule has 1 aromatic heterocycles. The molecule has 0 aliphatic heterocycles. The second kappa shape index (κ2) is 5.00. The lowest BCUT2D eigenvalue weighted by atomic mass is 10.2. The molecule has 1 aromatic carbocycles. The van der Waals surface area contributed by atoms with E-state index in [0.717, 1.165) is 0 Å². The zero-order chi connectivity index (χ0) is 13.1.